The van der Waals surface area contributed by atoms with E-state index in [0.717, 1.165) is 16.8 Å². The number of rotatable bonds is 4. The average Bonchev–Trinajstić information content (AvgIpc) is 2.99. The smallest absolute Gasteiger partial charge is 0.227 e. The third-order valence-electron chi connectivity index (χ3n) is 5.63. The number of amides is 2. The van der Waals surface area contributed by atoms with Crippen LogP contribution in [-0.4, -0.2) is 56.5 Å². The van der Waals surface area contributed by atoms with Crippen LogP contribution in [0.4, 0.5) is 5.69 Å². The number of anilines is 1. The van der Waals surface area contributed by atoms with Crippen molar-refractivity contribution in [3.8, 4) is 0 Å². The van der Waals surface area contributed by atoms with Crippen LogP contribution >= 0.6 is 0 Å². The quantitative estimate of drug-likeness (QED) is 0.833. The summed E-state index contributed by atoms with van der Waals surface area (Å²) in [6, 6.07) is 5.81. The molecular weight excluding hydrogens is 366 g/mol. The maximum atomic E-state index is 12.6. The fourth-order valence-electron chi connectivity index (χ4n) is 3.79. The van der Waals surface area contributed by atoms with Crippen LogP contribution in [0.1, 0.15) is 30.4 Å². The van der Waals surface area contributed by atoms with Crippen LogP contribution < -0.4 is 10.2 Å². The van der Waals surface area contributed by atoms with Crippen LogP contribution in [-0.2, 0) is 19.6 Å². The number of sulfonamides is 1. The van der Waals surface area contributed by atoms with Gasteiger partial charge in [0.2, 0.25) is 21.8 Å². The van der Waals surface area contributed by atoms with Crippen LogP contribution in [0.3, 0.4) is 0 Å². The summed E-state index contributed by atoms with van der Waals surface area (Å²) in [5.41, 5.74) is 3.04. The number of carbonyl (C=O) groups excluding carboxylic acids is 2. The summed E-state index contributed by atoms with van der Waals surface area (Å²) in [4.78, 5) is 26.8. The van der Waals surface area contributed by atoms with Gasteiger partial charge in [-0.15, -0.1) is 0 Å². The van der Waals surface area contributed by atoms with Gasteiger partial charge in [0.15, 0.2) is 0 Å². The number of hydrogen-bond donors (Lipinski definition) is 1. The van der Waals surface area contributed by atoms with Gasteiger partial charge < -0.3 is 10.2 Å². The number of carbonyl (C=O) groups is 2. The molecule has 8 heteroatoms. The van der Waals surface area contributed by atoms with Crippen molar-refractivity contribution in [2.24, 2.45) is 5.92 Å². The van der Waals surface area contributed by atoms with Crippen LogP contribution in [0.25, 0.3) is 0 Å². The number of nitrogens with one attached hydrogen (secondary N) is 1. The van der Waals surface area contributed by atoms with E-state index in [-0.39, 0.29) is 30.2 Å². The van der Waals surface area contributed by atoms with Crippen LogP contribution in [0.2, 0.25) is 0 Å². The average molecular weight is 394 g/mol. The Kier molecular flexibility index (Phi) is 5.58. The van der Waals surface area contributed by atoms with Crippen molar-refractivity contribution >= 4 is 27.5 Å². The molecule has 0 saturated carbocycles. The van der Waals surface area contributed by atoms with Gasteiger partial charge in [0.1, 0.15) is 0 Å². The predicted molar refractivity (Wildman–Crippen MR) is 104 cm³/mol. The second kappa shape index (κ2) is 7.59. The molecule has 27 heavy (non-hydrogen) atoms. The molecule has 0 spiro atoms. The van der Waals surface area contributed by atoms with E-state index in [1.807, 2.05) is 32.0 Å². The lowest BCUT2D eigenvalue weighted by Gasteiger charge is -2.31. The summed E-state index contributed by atoms with van der Waals surface area (Å²) in [5.74, 6) is -0.518. The van der Waals surface area contributed by atoms with E-state index in [0.29, 0.717) is 32.5 Å². The van der Waals surface area contributed by atoms with Crippen molar-refractivity contribution in [2.45, 2.75) is 39.2 Å². The summed E-state index contributed by atoms with van der Waals surface area (Å²) < 4.78 is 24.6. The van der Waals surface area contributed by atoms with Crippen molar-refractivity contribution in [1.82, 2.24) is 9.62 Å². The van der Waals surface area contributed by atoms with Crippen molar-refractivity contribution in [1.29, 1.82) is 0 Å². The molecule has 2 aliphatic rings. The third kappa shape index (κ3) is 4.32. The summed E-state index contributed by atoms with van der Waals surface area (Å²) in [5, 5.41) is 3.01. The number of piperidine rings is 1. The molecule has 2 saturated heterocycles. The molecule has 0 bridgehead atoms. The molecule has 148 valence electrons. The minimum atomic E-state index is -3.18. The lowest BCUT2D eigenvalue weighted by Crippen LogP contribution is -2.47. The highest BCUT2D eigenvalue weighted by molar-refractivity contribution is 7.88. The minimum Gasteiger partial charge on any atom is -0.353 e. The van der Waals surface area contributed by atoms with Gasteiger partial charge in [0, 0.05) is 37.8 Å². The number of aryl methyl sites for hydroxylation is 1. The van der Waals surface area contributed by atoms with Crippen molar-refractivity contribution in [3.63, 3.8) is 0 Å². The Morgan fingerprint density at radius 3 is 2.48 bits per heavy atom. The van der Waals surface area contributed by atoms with Gasteiger partial charge in [-0.3, -0.25) is 9.59 Å². The number of hydrogen-bond acceptors (Lipinski definition) is 4. The molecule has 2 aliphatic heterocycles. The first-order valence-electron chi connectivity index (χ1n) is 9.29. The summed E-state index contributed by atoms with van der Waals surface area (Å²) >= 11 is 0. The highest BCUT2D eigenvalue weighted by Crippen LogP contribution is 2.29. The first-order valence-corrected chi connectivity index (χ1v) is 11.1. The van der Waals surface area contributed by atoms with E-state index in [4.69, 9.17) is 0 Å². The topological polar surface area (TPSA) is 86.8 Å². The Hall–Kier alpha value is -1.93. The zero-order chi connectivity index (χ0) is 19.8. The van der Waals surface area contributed by atoms with Crippen LogP contribution in [0.15, 0.2) is 18.2 Å². The molecule has 2 heterocycles. The Morgan fingerprint density at radius 1 is 1.19 bits per heavy atom. The van der Waals surface area contributed by atoms with Gasteiger partial charge in [-0.05, 0) is 43.9 Å². The van der Waals surface area contributed by atoms with Gasteiger partial charge in [-0.1, -0.05) is 12.1 Å². The molecule has 1 aromatic rings. The number of benzene rings is 1. The predicted octanol–water partition coefficient (Wildman–Crippen LogP) is 1.20. The van der Waals surface area contributed by atoms with Gasteiger partial charge in [-0.2, -0.15) is 0 Å². The minimum absolute atomic E-state index is 0.0317. The van der Waals surface area contributed by atoms with E-state index < -0.39 is 10.0 Å². The molecular formula is C19H27N3O4S. The fourth-order valence-corrected chi connectivity index (χ4v) is 4.67. The highest BCUT2D eigenvalue weighted by atomic mass is 32.2. The summed E-state index contributed by atoms with van der Waals surface area (Å²) in [7, 11) is -3.18. The second-order valence-corrected chi connectivity index (χ2v) is 9.55. The lowest BCUT2D eigenvalue weighted by molar-refractivity contribution is -0.127. The van der Waals surface area contributed by atoms with E-state index in [9.17, 15) is 18.0 Å². The molecule has 2 amide bonds. The van der Waals surface area contributed by atoms with E-state index in [2.05, 4.69) is 5.32 Å². The molecule has 2 fully saturated rings. The molecule has 3 rings (SSSR count). The number of nitrogens with zero attached hydrogens (tertiary/aromatic N) is 2. The Labute approximate surface area is 160 Å². The zero-order valence-electron chi connectivity index (χ0n) is 16.1. The second-order valence-electron chi connectivity index (χ2n) is 7.57. The van der Waals surface area contributed by atoms with Crippen LogP contribution in [0.5, 0.6) is 0 Å². The molecule has 1 N–H and O–H groups in total. The SMILES string of the molecule is Cc1cccc(N2C[C@@H](C(=O)NC3CCN(S(C)(=O)=O)CC3)CC2=O)c1C. The summed E-state index contributed by atoms with van der Waals surface area (Å²) in [6.45, 7) is 5.22. The Balaban J connectivity index is 1.59. The maximum absolute atomic E-state index is 12.6. The fraction of sp³-hybridized carbons (Fsp3) is 0.579. The van der Waals surface area contributed by atoms with E-state index in [1.165, 1.54) is 10.6 Å². The molecule has 0 aliphatic carbocycles. The van der Waals surface area contributed by atoms with Crippen LogP contribution in [0, 0.1) is 19.8 Å². The van der Waals surface area contributed by atoms with Crippen molar-refractivity contribution in [3.05, 3.63) is 29.3 Å². The lowest BCUT2D eigenvalue weighted by atomic mass is 10.0. The molecule has 0 radical (unpaired) electrons. The van der Waals surface area contributed by atoms with E-state index in [1.54, 1.807) is 4.90 Å². The monoisotopic (exact) mass is 393 g/mol. The standard InChI is InChI=1S/C19H27N3O4S/c1-13-5-4-6-17(14(13)2)22-12-15(11-18(22)23)19(24)20-16-7-9-21(10-8-16)27(3,25)26/h4-6,15-16H,7-12H2,1-3H3,(H,20,24)/t15-/m0/s1. The summed E-state index contributed by atoms with van der Waals surface area (Å²) in [6.07, 6.45) is 2.61. The molecule has 0 unspecified atom stereocenters. The van der Waals surface area contributed by atoms with Gasteiger partial charge >= 0.3 is 0 Å². The van der Waals surface area contributed by atoms with E-state index >= 15 is 0 Å². The Morgan fingerprint density at radius 2 is 1.85 bits per heavy atom. The first kappa shape index (κ1) is 19.8. The van der Waals surface area contributed by atoms with Gasteiger partial charge in [0.25, 0.3) is 0 Å². The highest BCUT2D eigenvalue weighted by Gasteiger charge is 2.37. The molecule has 7 nitrogen and oxygen atoms in total. The molecule has 0 aromatic heterocycles. The van der Waals surface area contributed by atoms with Crippen molar-refractivity contribution < 1.29 is 18.0 Å². The first-order chi connectivity index (χ1) is 12.7. The largest absolute Gasteiger partial charge is 0.353 e. The van der Waals surface area contributed by atoms with Crippen molar-refractivity contribution in [2.75, 3.05) is 30.8 Å². The normalized spacial score (nSPS) is 22.3. The molecule has 1 aromatic carbocycles. The van der Waals surface area contributed by atoms with Gasteiger partial charge in [0.05, 0.1) is 12.2 Å². The Bertz CT molecular complexity index is 845. The van der Waals surface area contributed by atoms with Gasteiger partial charge in [-0.25, -0.2) is 12.7 Å². The molecule has 1 atom stereocenters. The zero-order valence-corrected chi connectivity index (χ0v) is 16.9. The maximum Gasteiger partial charge on any atom is 0.227 e. The third-order valence-corrected chi connectivity index (χ3v) is 6.94.